The number of hydrogen-bond donors (Lipinski definition) is 16. The van der Waals surface area contributed by atoms with Crippen molar-refractivity contribution in [3.63, 3.8) is 0 Å². The fourth-order valence-corrected chi connectivity index (χ4v) is 7.74. The van der Waals surface area contributed by atoms with E-state index in [0.29, 0.717) is 24.0 Å². The van der Waals surface area contributed by atoms with Crippen LogP contribution in [0.5, 0.6) is 11.5 Å². The molecule has 0 unspecified atom stereocenters. The van der Waals surface area contributed by atoms with Crippen LogP contribution >= 0.6 is 0 Å². The van der Waals surface area contributed by atoms with Crippen LogP contribution in [0.2, 0.25) is 0 Å². The molecule has 26 heteroatoms. The number of nitrogens with two attached hydrogens (primary N) is 2. The normalized spacial score (nSPS) is 15.2. The molecule has 0 bridgehead atoms. The number of aliphatic hydroxyl groups is 2. The van der Waals surface area contributed by atoms with Gasteiger partial charge in [-0.25, -0.2) is 4.79 Å². The van der Waals surface area contributed by atoms with Gasteiger partial charge in [-0.2, -0.15) is 0 Å². The number of phenols is 2. The summed E-state index contributed by atoms with van der Waals surface area (Å²) in [5.41, 5.74) is 12.3. The highest BCUT2D eigenvalue weighted by Gasteiger charge is 2.37. The van der Waals surface area contributed by atoms with Crippen molar-refractivity contribution in [3.05, 3.63) is 59.7 Å². The second-order valence-corrected chi connectivity index (χ2v) is 20.2. The number of benzene rings is 2. The Hall–Kier alpha value is -7.42. The lowest BCUT2D eigenvalue weighted by Gasteiger charge is -2.30. The molecule has 0 aliphatic carbocycles. The van der Waals surface area contributed by atoms with Crippen molar-refractivity contribution >= 4 is 59.2 Å². The monoisotopic (exact) mass is 1100 g/mol. The third-order valence-corrected chi connectivity index (χ3v) is 12.3. The van der Waals surface area contributed by atoms with Crippen molar-refractivity contribution in [1.29, 1.82) is 0 Å². The van der Waals surface area contributed by atoms with Crippen LogP contribution < -0.4 is 54.0 Å². The van der Waals surface area contributed by atoms with Crippen molar-refractivity contribution in [2.75, 3.05) is 13.2 Å². The Morgan fingerprint density at radius 2 is 0.872 bits per heavy atom. The molecule has 10 atom stereocenters. The second-order valence-electron chi connectivity index (χ2n) is 20.2. The van der Waals surface area contributed by atoms with Crippen molar-refractivity contribution in [2.24, 2.45) is 29.2 Å². The minimum absolute atomic E-state index is 0.00232. The van der Waals surface area contributed by atoms with Crippen LogP contribution in [0.15, 0.2) is 48.5 Å². The van der Waals surface area contributed by atoms with E-state index in [1.165, 1.54) is 55.5 Å². The third-order valence-electron chi connectivity index (χ3n) is 12.3. The molecule has 0 aliphatic rings. The summed E-state index contributed by atoms with van der Waals surface area (Å²) >= 11 is 0. The van der Waals surface area contributed by atoms with E-state index in [4.69, 9.17) is 11.5 Å². The van der Waals surface area contributed by atoms with Gasteiger partial charge in [0.15, 0.2) is 0 Å². The Labute approximate surface area is 453 Å². The first-order valence-corrected chi connectivity index (χ1v) is 25.8. The van der Waals surface area contributed by atoms with E-state index in [0.717, 1.165) is 0 Å². The number of aromatic hydroxyl groups is 2. The minimum atomic E-state index is -1.63. The molecular formula is C52H80N10O16. The van der Waals surface area contributed by atoms with Crippen molar-refractivity contribution in [3.8, 4) is 11.5 Å². The zero-order chi connectivity index (χ0) is 59.0. The van der Waals surface area contributed by atoms with Crippen molar-refractivity contribution in [1.82, 2.24) is 42.5 Å². The van der Waals surface area contributed by atoms with E-state index in [2.05, 4.69) is 42.5 Å². The SMILES string of the molecule is CC(C)C[C@H](NC(=O)[C@@H](NC(=O)[C@H](CCCCN)NC(=O)[C@@H](NC(=O)[C@H](Cc1ccc(O)cc1)NC(=O)[C@H](CO)NC(=O)[C@@H](N)[C@@H](C)O)C(C)C)C(C)C)C(=O)N[C@@H](CCC(=O)O)C(=O)N[C@@H](Cc1ccc(O)cc1)C(=O)O. The molecule has 0 aliphatic heterocycles. The smallest absolute Gasteiger partial charge is 0.326 e. The molecule has 18 N–H and O–H groups in total. The fraction of sp³-hybridized carbons (Fsp3) is 0.577. The van der Waals surface area contributed by atoms with E-state index in [9.17, 15) is 78.6 Å². The molecule has 0 spiro atoms. The fourth-order valence-electron chi connectivity index (χ4n) is 7.74. The summed E-state index contributed by atoms with van der Waals surface area (Å²) in [7, 11) is 0. The second kappa shape index (κ2) is 33.0. The number of carboxylic acid groups (broad SMARTS) is 2. The molecule has 2 aromatic rings. The van der Waals surface area contributed by atoms with Crippen LogP contribution in [0.1, 0.15) is 98.1 Å². The maximum Gasteiger partial charge on any atom is 0.326 e. The van der Waals surface area contributed by atoms with Crippen LogP contribution in [0.3, 0.4) is 0 Å². The van der Waals surface area contributed by atoms with Gasteiger partial charge in [0.25, 0.3) is 0 Å². The summed E-state index contributed by atoms with van der Waals surface area (Å²) in [4.78, 5) is 134. The number of unbranched alkanes of at least 4 members (excludes halogenated alkanes) is 1. The standard InChI is InChI=1S/C52H80N10O16/c1-26(2)22-36(46(71)55-35(19-20-40(67)68)44(69)59-38(52(77)78)24-31-13-17-33(66)18-14-31)58-51(76)43(28(5)6)61-45(70)34(10-8-9-21-53)56-50(75)42(27(3)4)62-47(72)37(23-30-11-15-32(65)16-12-30)57-48(73)39(25-63)60-49(74)41(54)29(7)64/h11-18,26-29,34-39,41-43,63-66H,8-10,19-25,53-54H2,1-7H3,(H,55,71)(H,56,75)(H,57,73)(H,58,76)(H,59,69)(H,60,74)(H,61,70)(H,62,72)(H,67,68)(H,77,78)/t29-,34+,35+,36+,37+,38+,39+,41+,42+,43+/m1/s1. The average Bonchev–Trinajstić information content (AvgIpc) is 3.36. The summed E-state index contributed by atoms with van der Waals surface area (Å²) in [6.07, 6.45) is -2.11. The Bertz CT molecular complexity index is 2330. The number of rotatable bonds is 34. The summed E-state index contributed by atoms with van der Waals surface area (Å²) in [5.74, 6) is -11.8. The molecule has 0 heterocycles. The Morgan fingerprint density at radius 1 is 0.487 bits per heavy atom. The predicted octanol–water partition coefficient (Wildman–Crippen LogP) is -2.10. The van der Waals surface area contributed by atoms with E-state index in [-0.39, 0.29) is 49.6 Å². The molecule has 78 heavy (non-hydrogen) atoms. The van der Waals surface area contributed by atoms with E-state index in [1.807, 2.05) is 0 Å². The number of amides is 8. The molecule has 434 valence electrons. The molecule has 8 amide bonds. The van der Waals surface area contributed by atoms with Crippen LogP contribution in [-0.2, 0) is 60.8 Å². The highest BCUT2D eigenvalue weighted by atomic mass is 16.4. The quantitative estimate of drug-likeness (QED) is 0.0334. The number of carbonyl (C=O) groups is 10. The maximum absolute atomic E-state index is 14.2. The largest absolute Gasteiger partial charge is 0.508 e. The lowest BCUT2D eigenvalue weighted by atomic mass is 9.98. The molecule has 0 fully saturated rings. The van der Waals surface area contributed by atoms with Gasteiger partial charge in [0.2, 0.25) is 47.3 Å². The highest BCUT2D eigenvalue weighted by molar-refractivity contribution is 5.98. The van der Waals surface area contributed by atoms with Gasteiger partial charge in [0.05, 0.1) is 12.7 Å². The van der Waals surface area contributed by atoms with Crippen molar-refractivity contribution < 1.29 is 78.6 Å². The molecule has 26 nitrogen and oxygen atoms in total. The Morgan fingerprint density at radius 3 is 1.31 bits per heavy atom. The molecular weight excluding hydrogens is 1020 g/mol. The number of phenolic OH excluding ortho intramolecular Hbond substituents is 2. The third kappa shape index (κ3) is 23.0. The first-order valence-electron chi connectivity index (χ1n) is 25.8. The summed E-state index contributed by atoms with van der Waals surface area (Å²) < 4.78 is 0. The molecule has 0 radical (unpaired) electrons. The number of aliphatic hydroxyl groups excluding tert-OH is 2. The van der Waals surface area contributed by atoms with Gasteiger partial charge < -0.3 is 84.6 Å². The van der Waals surface area contributed by atoms with Crippen LogP contribution in [0.4, 0.5) is 0 Å². The minimum Gasteiger partial charge on any atom is -0.508 e. The number of nitrogens with one attached hydrogen (secondary N) is 8. The van der Waals surface area contributed by atoms with Crippen LogP contribution in [0.25, 0.3) is 0 Å². The van der Waals surface area contributed by atoms with Gasteiger partial charge in [0.1, 0.15) is 65.9 Å². The molecule has 0 saturated carbocycles. The van der Waals surface area contributed by atoms with Gasteiger partial charge in [0, 0.05) is 19.3 Å². The molecule has 2 rings (SSSR count). The van der Waals surface area contributed by atoms with Gasteiger partial charge in [-0.05, 0) is 98.7 Å². The number of carboxylic acids is 2. The zero-order valence-electron chi connectivity index (χ0n) is 45.1. The first kappa shape index (κ1) is 66.7. The number of aliphatic carboxylic acids is 2. The predicted molar refractivity (Wildman–Crippen MR) is 282 cm³/mol. The number of carbonyl (C=O) groups excluding carboxylic acids is 8. The van der Waals surface area contributed by atoms with Gasteiger partial charge in [-0.1, -0.05) is 65.8 Å². The molecule has 0 saturated heterocycles. The number of hydrogen-bond acceptors (Lipinski definition) is 16. The summed E-state index contributed by atoms with van der Waals surface area (Å²) in [6.45, 7) is 10.4. The lowest BCUT2D eigenvalue weighted by molar-refractivity contribution is -0.143. The van der Waals surface area contributed by atoms with Crippen LogP contribution in [-0.4, -0.2) is 163 Å². The lowest BCUT2D eigenvalue weighted by Crippen LogP contribution is -2.62. The molecule has 2 aromatic carbocycles. The van der Waals surface area contributed by atoms with Gasteiger partial charge in [-0.15, -0.1) is 0 Å². The van der Waals surface area contributed by atoms with E-state index >= 15 is 0 Å². The van der Waals surface area contributed by atoms with E-state index in [1.54, 1.807) is 41.5 Å². The Balaban J connectivity index is 2.40. The highest BCUT2D eigenvalue weighted by Crippen LogP contribution is 2.16. The summed E-state index contributed by atoms with van der Waals surface area (Å²) in [6, 6.07) is -1.92. The van der Waals surface area contributed by atoms with E-state index < -0.39 is 151 Å². The summed E-state index contributed by atoms with van der Waals surface area (Å²) in [5, 5.41) is 78.7. The van der Waals surface area contributed by atoms with Crippen molar-refractivity contribution in [2.45, 2.75) is 160 Å². The maximum atomic E-state index is 14.2. The van der Waals surface area contributed by atoms with Crippen LogP contribution in [0, 0.1) is 17.8 Å². The van der Waals surface area contributed by atoms with Gasteiger partial charge in [-0.3, -0.25) is 43.2 Å². The first-order chi connectivity index (χ1) is 36.6. The average molecular weight is 1100 g/mol. The Kier molecular flexibility index (Phi) is 28.2. The molecule has 0 aromatic heterocycles. The topological polar surface area (TPSA) is 440 Å². The van der Waals surface area contributed by atoms with Gasteiger partial charge >= 0.3 is 11.9 Å². The zero-order valence-corrected chi connectivity index (χ0v) is 45.1.